The van der Waals surface area contributed by atoms with Gasteiger partial charge in [-0.1, -0.05) is 23.7 Å². The molecule has 0 aliphatic rings. The van der Waals surface area contributed by atoms with E-state index in [9.17, 15) is 9.59 Å². The lowest BCUT2D eigenvalue weighted by molar-refractivity contribution is -0.118. The smallest absolute Gasteiger partial charge is 0.336 e. The normalized spacial score (nSPS) is 10.8. The molecule has 4 rings (SSSR count). The van der Waals surface area contributed by atoms with Crippen LogP contribution in [0.3, 0.4) is 0 Å². The highest BCUT2D eigenvalue weighted by molar-refractivity contribution is 6.30. The van der Waals surface area contributed by atoms with Crippen molar-refractivity contribution in [3.8, 4) is 5.75 Å². The first-order valence-corrected chi connectivity index (χ1v) is 9.17. The number of hydrogen-bond acceptors (Lipinski definition) is 5. The second-order valence-corrected chi connectivity index (χ2v) is 6.73. The average Bonchev–Trinajstić information content (AvgIpc) is 3.14. The van der Waals surface area contributed by atoms with Crippen LogP contribution in [0.4, 0.5) is 5.82 Å². The Morgan fingerprint density at radius 2 is 1.90 bits per heavy atom. The van der Waals surface area contributed by atoms with E-state index in [1.54, 1.807) is 53.3 Å². The molecule has 0 bridgehead atoms. The largest absolute Gasteiger partial charge is 0.484 e. The van der Waals surface area contributed by atoms with E-state index < -0.39 is 5.63 Å². The number of carbonyl (C=O) groups is 1. The molecule has 0 unspecified atom stereocenters. The number of carbonyl (C=O) groups excluding carboxylic acids is 1. The molecule has 2 aromatic carbocycles. The summed E-state index contributed by atoms with van der Waals surface area (Å²) in [7, 11) is 0. The molecule has 8 heteroatoms. The average molecular weight is 410 g/mol. The lowest BCUT2D eigenvalue weighted by Gasteiger charge is -2.10. The summed E-state index contributed by atoms with van der Waals surface area (Å²) >= 11 is 5.90. The van der Waals surface area contributed by atoms with E-state index in [-0.39, 0.29) is 12.5 Å². The summed E-state index contributed by atoms with van der Waals surface area (Å²) in [6, 6.07) is 17.2. The summed E-state index contributed by atoms with van der Waals surface area (Å²) in [5, 5.41) is 8.44. The van der Waals surface area contributed by atoms with Crippen molar-refractivity contribution in [2.24, 2.45) is 0 Å². The Hall–Kier alpha value is -3.58. The summed E-state index contributed by atoms with van der Waals surface area (Å²) in [6.45, 7) is 0.291. The minimum Gasteiger partial charge on any atom is -0.484 e. The third-order valence-corrected chi connectivity index (χ3v) is 4.45. The summed E-state index contributed by atoms with van der Waals surface area (Å²) in [5.41, 5.74) is 0.959. The summed E-state index contributed by atoms with van der Waals surface area (Å²) in [6.07, 6.45) is 1.61. The zero-order valence-corrected chi connectivity index (χ0v) is 15.9. The molecule has 0 saturated carbocycles. The molecule has 0 spiro atoms. The topological polar surface area (TPSA) is 86.4 Å². The number of rotatable bonds is 6. The molecule has 1 N–H and O–H groups in total. The van der Waals surface area contributed by atoms with Crippen LogP contribution in [-0.2, 0) is 11.3 Å². The van der Waals surface area contributed by atoms with Crippen molar-refractivity contribution in [1.82, 2.24) is 9.78 Å². The van der Waals surface area contributed by atoms with Gasteiger partial charge in [0, 0.05) is 28.6 Å². The van der Waals surface area contributed by atoms with E-state index in [2.05, 4.69) is 10.4 Å². The minimum absolute atomic E-state index is 0.200. The van der Waals surface area contributed by atoms with Gasteiger partial charge in [0.1, 0.15) is 17.2 Å². The maximum absolute atomic E-state index is 12.3. The second kappa shape index (κ2) is 8.20. The van der Waals surface area contributed by atoms with Crippen LogP contribution in [0.25, 0.3) is 11.0 Å². The molecule has 7 nitrogen and oxygen atoms in total. The van der Waals surface area contributed by atoms with E-state index in [0.717, 1.165) is 10.9 Å². The first-order chi connectivity index (χ1) is 14.1. The SMILES string of the molecule is O=C(COc1ccc2ccc(=O)oc2c1)Nc1ccnn1Cc1ccc(Cl)cc1. The molecule has 1 amide bonds. The highest BCUT2D eigenvalue weighted by atomic mass is 35.5. The minimum atomic E-state index is -0.443. The van der Waals surface area contributed by atoms with Crippen LogP contribution in [0, 0.1) is 0 Å². The van der Waals surface area contributed by atoms with Gasteiger partial charge in [0.05, 0.1) is 12.7 Å². The quantitative estimate of drug-likeness (QED) is 0.490. The van der Waals surface area contributed by atoms with E-state index in [1.807, 2.05) is 12.1 Å². The maximum Gasteiger partial charge on any atom is 0.336 e. The number of ether oxygens (including phenoxy) is 1. The van der Waals surface area contributed by atoms with Gasteiger partial charge >= 0.3 is 5.63 Å². The molecular formula is C21H16ClN3O4. The Labute approximate surface area is 170 Å². The number of halogens is 1. The molecule has 0 aliphatic heterocycles. The molecule has 0 atom stereocenters. The van der Waals surface area contributed by atoms with Crippen LogP contribution in [-0.4, -0.2) is 22.3 Å². The standard InChI is InChI=1S/C21H16ClN3O4/c22-16-5-1-14(2-6-16)12-25-19(9-10-23-25)24-20(26)13-28-17-7-3-15-4-8-21(27)29-18(15)11-17/h1-11H,12-13H2,(H,24,26). The predicted octanol–water partition coefficient (Wildman–Crippen LogP) is 3.71. The zero-order valence-electron chi connectivity index (χ0n) is 15.2. The number of nitrogens with zero attached hydrogens (tertiary/aromatic N) is 2. The summed E-state index contributed by atoms with van der Waals surface area (Å²) in [5.74, 6) is 0.646. The zero-order chi connectivity index (χ0) is 20.2. The molecule has 0 saturated heterocycles. The highest BCUT2D eigenvalue weighted by Gasteiger charge is 2.09. The number of aromatic nitrogens is 2. The molecule has 2 aromatic heterocycles. The molecule has 2 heterocycles. The van der Waals surface area contributed by atoms with Gasteiger partial charge in [0.2, 0.25) is 0 Å². The highest BCUT2D eigenvalue weighted by Crippen LogP contribution is 2.19. The second-order valence-electron chi connectivity index (χ2n) is 6.29. The monoisotopic (exact) mass is 409 g/mol. The van der Waals surface area contributed by atoms with Crippen molar-refractivity contribution in [1.29, 1.82) is 0 Å². The van der Waals surface area contributed by atoms with Gasteiger partial charge in [-0.3, -0.25) is 4.79 Å². The number of amides is 1. The molecular weight excluding hydrogens is 394 g/mol. The van der Waals surface area contributed by atoms with E-state index in [4.69, 9.17) is 20.8 Å². The Morgan fingerprint density at radius 1 is 1.10 bits per heavy atom. The van der Waals surface area contributed by atoms with Crippen LogP contribution in [0.15, 0.2) is 76.1 Å². The van der Waals surface area contributed by atoms with Gasteiger partial charge in [-0.15, -0.1) is 0 Å². The van der Waals surface area contributed by atoms with E-state index in [1.165, 1.54) is 6.07 Å². The fraction of sp³-hybridized carbons (Fsp3) is 0.0952. The van der Waals surface area contributed by atoms with Crippen molar-refractivity contribution in [2.45, 2.75) is 6.54 Å². The van der Waals surface area contributed by atoms with Crippen LogP contribution in [0.5, 0.6) is 5.75 Å². The van der Waals surface area contributed by atoms with Gasteiger partial charge in [0.15, 0.2) is 6.61 Å². The molecule has 0 aliphatic carbocycles. The molecule has 29 heavy (non-hydrogen) atoms. The van der Waals surface area contributed by atoms with Gasteiger partial charge in [-0.25, -0.2) is 9.48 Å². The Kier molecular flexibility index (Phi) is 5.31. The van der Waals surface area contributed by atoms with Gasteiger partial charge < -0.3 is 14.5 Å². The fourth-order valence-electron chi connectivity index (χ4n) is 2.79. The maximum atomic E-state index is 12.3. The van der Waals surface area contributed by atoms with Gasteiger partial charge in [-0.2, -0.15) is 5.10 Å². The van der Waals surface area contributed by atoms with Crippen LogP contribution < -0.4 is 15.7 Å². The Morgan fingerprint density at radius 3 is 2.72 bits per heavy atom. The molecule has 146 valence electrons. The number of nitrogens with one attached hydrogen (secondary N) is 1. The summed E-state index contributed by atoms with van der Waals surface area (Å²) in [4.78, 5) is 23.6. The third kappa shape index (κ3) is 4.64. The van der Waals surface area contributed by atoms with Crippen molar-refractivity contribution >= 4 is 34.3 Å². The summed E-state index contributed by atoms with van der Waals surface area (Å²) < 4.78 is 12.3. The lowest BCUT2D eigenvalue weighted by Crippen LogP contribution is -2.22. The molecule has 4 aromatic rings. The van der Waals surface area contributed by atoms with E-state index >= 15 is 0 Å². The van der Waals surface area contributed by atoms with Gasteiger partial charge in [-0.05, 0) is 35.9 Å². The number of anilines is 1. The lowest BCUT2D eigenvalue weighted by atomic mass is 10.2. The number of benzene rings is 2. The predicted molar refractivity (Wildman–Crippen MR) is 109 cm³/mol. The Balaban J connectivity index is 1.38. The molecule has 0 radical (unpaired) electrons. The van der Waals surface area contributed by atoms with Crippen LogP contribution in [0.1, 0.15) is 5.56 Å². The van der Waals surface area contributed by atoms with Crippen LogP contribution >= 0.6 is 11.6 Å². The van der Waals surface area contributed by atoms with Crippen molar-refractivity contribution < 1.29 is 13.9 Å². The van der Waals surface area contributed by atoms with Crippen LogP contribution in [0.2, 0.25) is 5.02 Å². The number of fused-ring (bicyclic) bond motifs is 1. The number of hydrogen-bond donors (Lipinski definition) is 1. The Bertz CT molecular complexity index is 1210. The van der Waals surface area contributed by atoms with E-state index in [0.29, 0.717) is 28.7 Å². The van der Waals surface area contributed by atoms with Crippen molar-refractivity contribution in [3.05, 3.63) is 87.9 Å². The third-order valence-electron chi connectivity index (χ3n) is 4.19. The van der Waals surface area contributed by atoms with Crippen molar-refractivity contribution in [2.75, 3.05) is 11.9 Å². The first kappa shape index (κ1) is 18.8. The fourth-order valence-corrected chi connectivity index (χ4v) is 2.91. The van der Waals surface area contributed by atoms with Gasteiger partial charge in [0.25, 0.3) is 5.91 Å². The first-order valence-electron chi connectivity index (χ1n) is 8.80. The molecule has 0 fully saturated rings. The van der Waals surface area contributed by atoms with Crippen molar-refractivity contribution in [3.63, 3.8) is 0 Å².